The number of nitrogens with zero attached hydrogens (tertiary/aromatic N) is 3. The zero-order valence-electron chi connectivity index (χ0n) is 12.3. The normalized spacial score (nSPS) is 10.8. The third kappa shape index (κ3) is 2.81. The average Bonchev–Trinajstić information content (AvgIpc) is 2.98. The fourth-order valence-corrected chi connectivity index (χ4v) is 2.32. The number of anilines is 3. The lowest BCUT2D eigenvalue weighted by Gasteiger charge is -2.10. The number of aromatic nitrogens is 3. The minimum absolute atomic E-state index is 0.745. The van der Waals surface area contributed by atoms with E-state index in [1.807, 2.05) is 23.8 Å². The Balaban J connectivity index is 1.91. The zero-order chi connectivity index (χ0) is 14.7. The van der Waals surface area contributed by atoms with E-state index in [1.165, 1.54) is 5.56 Å². The molecule has 0 aliphatic carbocycles. The van der Waals surface area contributed by atoms with Crippen molar-refractivity contribution >= 4 is 23.0 Å². The Morgan fingerprint density at radius 1 is 1.19 bits per heavy atom. The molecule has 2 aromatic heterocycles. The molecule has 3 aromatic rings. The van der Waals surface area contributed by atoms with Gasteiger partial charge in [0.05, 0.1) is 6.20 Å². The monoisotopic (exact) mass is 281 g/mol. The van der Waals surface area contributed by atoms with Crippen LogP contribution in [0.15, 0.2) is 42.9 Å². The van der Waals surface area contributed by atoms with Crippen LogP contribution in [0.1, 0.15) is 18.9 Å². The molecule has 0 bridgehead atoms. The highest BCUT2D eigenvalue weighted by atomic mass is 15.1. The maximum atomic E-state index is 4.54. The van der Waals surface area contributed by atoms with Crippen molar-refractivity contribution < 1.29 is 0 Å². The number of hydrogen-bond acceptors (Lipinski definition) is 4. The Kier molecular flexibility index (Phi) is 3.73. The molecule has 0 fully saturated rings. The second-order valence-electron chi connectivity index (χ2n) is 4.95. The van der Waals surface area contributed by atoms with Crippen LogP contribution in [-0.2, 0) is 6.42 Å². The van der Waals surface area contributed by atoms with Crippen LogP contribution in [0.3, 0.4) is 0 Å². The van der Waals surface area contributed by atoms with Gasteiger partial charge in [-0.05, 0) is 24.1 Å². The quantitative estimate of drug-likeness (QED) is 0.752. The number of imidazole rings is 1. The summed E-state index contributed by atoms with van der Waals surface area (Å²) in [7, 11) is 1.86. The number of fused-ring (bicyclic) bond motifs is 1. The maximum absolute atomic E-state index is 4.54. The molecule has 0 radical (unpaired) electrons. The SMILES string of the molecule is CCCc1ccc(Nc2nc(NC)cn3ccnc23)cc1. The molecular formula is C16H19N5. The van der Waals surface area contributed by atoms with Crippen LogP contribution < -0.4 is 10.6 Å². The molecule has 2 N–H and O–H groups in total. The molecular weight excluding hydrogens is 262 g/mol. The van der Waals surface area contributed by atoms with E-state index in [0.717, 1.165) is 35.8 Å². The molecule has 3 rings (SSSR count). The van der Waals surface area contributed by atoms with Gasteiger partial charge in [-0.1, -0.05) is 25.5 Å². The van der Waals surface area contributed by atoms with Crippen molar-refractivity contribution in [3.63, 3.8) is 0 Å². The van der Waals surface area contributed by atoms with Crippen molar-refractivity contribution in [3.05, 3.63) is 48.4 Å². The fourth-order valence-electron chi connectivity index (χ4n) is 2.32. The minimum Gasteiger partial charge on any atom is -0.372 e. The number of hydrogen-bond donors (Lipinski definition) is 2. The van der Waals surface area contributed by atoms with Crippen LogP contribution in [0.25, 0.3) is 5.65 Å². The largest absolute Gasteiger partial charge is 0.372 e. The summed E-state index contributed by atoms with van der Waals surface area (Å²) in [4.78, 5) is 8.89. The first-order valence-electron chi connectivity index (χ1n) is 7.17. The molecule has 0 spiro atoms. The summed E-state index contributed by atoms with van der Waals surface area (Å²) in [5.74, 6) is 1.54. The van der Waals surface area contributed by atoms with Crippen molar-refractivity contribution in [2.75, 3.05) is 17.7 Å². The van der Waals surface area contributed by atoms with Crippen LogP contribution in [-0.4, -0.2) is 21.4 Å². The van der Waals surface area contributed by atoms with Crippen molar-refractivity contribution in [3.8, 4) is 0 Å². The summed E-state index contributed by atoms with van der Waals surface area (Å²) < 4.78 is 1.95. The maximum Gasteiger partial charge on any atom is 0.180 e. The van der Waals surface area contributed by atoms with Gasteiger partial charge in [0.15, 0.2) is 11.5 Å². The van der Waals surface area contributed by atoms with E-state index in [-0.39, 0.29) is 0 Å². The van der Waals surface area contributed by atoms with Gasteiger partial charge in [0.1, 0.15) is 5.82 Å². The second kappa shape index (κ2) is 5.83. The third-order valence-electron chi connectivity index (χ3n) is 3.39. The standard InChI is InChI=1S/C16H19N5/c1-3-4-12-5-7-13(8-6-12)19-15-16-18-9-10-21(16)11-14(17-2)20-15/h5-11,17H,3-4H2,1-2H3,(H,19,20). The fraction of sp³-hybridized carbons (Fsp3) is 0.250. The molecule has 0 amide bonds. The Morgan fingerprint density at radius 3 is 2.71 bits per heavy atom. The van der Waals surface area contributed by atoms with Crippen molar-refractivity contribution in [2.45, 2.75) is 19.8 Å². The van der Waals surface area contributed by atoms with Gasteiger partial charge in [0.2, 0.25) is 0 Å². The van der Waals surface area contributed by atoms with Gasteiger partial charge in [-0.15, -0.1) is 0 Å². The molecule has 1 aromatic carbocycles. The number of benzene rings is 1. The summed E-state index contributed by atoms with van der Waals surface area (Å²) in [5, 5.41) is 6.40. The molecule has 0 atom stereocenters. The van der Waals surface area contributed by atoms with E-state index in [0.29, 0.717) is 0 Å². The smallest absolute Gasteiger partial charge is 0.180 e. The van der Waals surface area contributed by atoms with Gasteiger partial charge >= 0.3 is 0 Å². The second-order valence-corrected chi connectivity index (χ2v) is 4.95. The highest BCUT2D eigenvalue weighted by molar-refractivity contribution is 5.71. The van der Waals surface area contributed by atoms with Crippen molar-refractivity contribution in [2.24, 2.45) is 0 Å². The average molecular weight is 281 g/mol. The van der Waals surface area contributed by atoms with Crippen molar-refractivity contribution in [1.29, 1.82) is 0 Å². The van der Waals surface area contributed by atoms with Crippen LogP contribution in [0.5, 0.6) is 0 Å². The van der Waals surface area contributed by atoms with E-state index >= 15 is 0 Å². The Labute approximate surface area is 124 Å². The lowest BCUT2D eigenvalue weighted by molar-refractivity contribution is 0.922. The highest BCUT2D eigenvalue weighted by Gasteiger charge is 2.07. The molecule has 108 valence electrons. The molecule has 5 nitrogen and oxygen atoms in total. The van der Waals surface area contributed by atoms with E-state index in [2.05, 4.69) is 51.8 Å². The minimum atomic E-state index is 0.745. The zero-order valence-corrected chi connectivity index (χ0v) is 12.3. The van der Waals surface area contributed by atoms with Gasteiger partial charge in [-0.25, -0.2) is 9.97 Å². The Morgan fingerprint density at radius 2 is 2.00 bits per heavy atom. The lowest BCUT2D eigenvalue weighted by atomic mass is 10.1. The third-order valence-corrected chi connectivity index (χ3v) is 3.39. The summed E-state index contributed by atoms with van der Waals surface area (Å²) in [6.07, 6.45) is 7.86. The topological polar surface area (TPSA) is 54.2 Å². The predicted molar refractivity (Wildman–Crippen MR) is 86.3 cm³/mol. The summed E-state index contributed by atoms with van der Waals surface area (Å²) in [6, 6.07) is 8.46. The molecule has 0 aliphatic heterocycles. The van der Waals surface area contributed by atoms with E-state index < -0.39 is 0 Å². The van der Waals surface area contributed by atoms with E-state index in [9.17, 15) is 0 Å². The lowest BCUT2D eigenvalue weighted by Crippen LogP contribution is -2.02. The molecule has 2 heterocycles. The van der Waals surface area contributed by atoms with E-state index in [4.69, 9.17) is 0 Å². The molecule has 21 heavy (non-hydrogen) atoms. The van der Waals surface area contributed by atoms with Crippen molar-refractivity contribution in [1.82, 2.24) is 14.4 Å². The summed E-state index contributed by atoms with van der Waals surface area (Å²) >= 11 is 0. The molecule has 0 aliphatic rings. The van der Waals surface area contributed by atoms with Crippen LogP contribution in [0.4, 0.5) is 17.3 Å². The Bertz CT molecular complexity index is 730. The predicted octanol–water partition coefficient (Wildman–Crippen LogP) is 3.47. The first kappa shape index (κ1) is 13.4. The van der Waals surface area contributed by atoms with Gasteiger partial charge in [0.25, 0.3) is 0 Å². The summed E-state index contributed by atoms with van der Waals surface area (Å²) in [6.45, 7) is 2.19. The number of nitrogens with one attached hydrogen (secondary N) is 2. The number of aryl methyl sites for hydroxylation is 1. The van der Waals surface area contributed by atoms with Crippen LogP contribution in [0, 0.1) is 0 Å². The molecule has 5 heteroatoms. The summed E-state index contributed by atoms with van der Waals surface area (Å²) in [5.41, 5.74) is 3.18. The van der Waals surface area contributed by atoms with E-state index in [1.54, 1.807) is 6.20 Å². The van der Waals surface area contributed by atoms with Crippen LogP contribution in [0.2, 0.25) is 0 Å². The van der Waals surface area contributed by atoms with Gasteiger partial charge in [-0.2, -0.15) is 0 Å². The van der Waals surface area contributed by atoms with Crippen LogP contribution >= 0.6 is 0 Å². The molecule has 0 unspecified atom stereocenters. The van der Waals surface area contributed by atoms with Gasteiger partial charge < -0.3 is 15.0 Å². The highest BCUT2D eigenvalue weighted by Crippen LogP contribution is 2.21. The number of rotatable bonds is 5. The first-order chi connectivity index (χ1) is 10.3. The Hall–Kier alpha value is -2.56. The van der Waals surface area contributed by atoms with Gasteiger partial charge in [-0.3, -0.25) is 0 Å². The first-order valence-corrected chi connectivity index (χ1v) is 7.17. The molecule has 0 saturated carbocycles. The molecule has 0 saturated heterocycles. The van der Waals surface area contributed by atoms with Gasteiger partial charge in [0, 0.05) is 25.1 Å².